The largest absolute Gasteiger partial charge is 0.364 e. The highest BCUT2D eigenvalue weighted by Gasteiger charge is 2.19. The lowest BCUT2D eigenvalue weighted by Crippen LogP contribution is -2.44. The van der Waals surface area contributed by atoms with Crippen molar-refractivity contribution in [3.05, 3.63) is 34.9 Å². The maximum absolute atomic E-state index is 14.1. The van der Waals surface area contributed by atoms with Crippen LogP contribution in [-0.2, 0) is 0 Å². The lowest BCUT2D eigenvalue weighted by atomic mass is 9.90. The van der Waals surface area contributed by atoms with Gasteiger partial charge in [0, 0.05) is 26.2 Å². The Morgan fingerprint density at radius 3 is 2.21 bits per heavy atom. The number of piperazine rings is 1. The molecule has 0 spiro atoms. The molecule has 0 aromatic heterocycles. The molecule has 4 heteroatoms. The number of allylic oxidation sites excluding steroid dienone is 1. The lowest BCUT2D eigenvalue weighted by molar-refractivity contribution is 0.537. The minimum atomic E-state index is -0.451. The van der Waals surface area contributed by atoms with E-state index in [1.165, 1.54) is 24.1 Å². The smallest absolute Gasteiger partial charge is 0.150 e. The van der Waals surface area contributed by atoms with E-state index in [1.807, 2.05) is 6.08 Å². The summed E-state index contributed by atoms with van der Waals surface area (Å²) < 4.78 is 28.3. The van der Waals surface area contributed by atoms with Crippen LogP contribution in [0.5, 0.6) is 0 Å². The summed E-state index contributed by atoms with van der Waals surface area (Å²) in [6.07, 6.45) is 5.22. The maximum Gasteiger partial charge on any atom is 0.150 e. The van der Waals surface area contributed by atoms with Crippen LogP contribution in [0.3, 0.4) is 0 Å². The van der Waals surface area contributed by atoms with Crippen molar-refractivity contribution in [2.45, 2.75) is 19.3 Å². The molecule has 1 aliphatic carbocycles. The van der Waals surface area contributed by atoms with Gasteiger partial charge < -0.3 is 10.2 Å². The van der Waals surface area contributed by atoms with Gasteiger partial charge in [0.1, 0.15) is 17.3 Å². The molecule has 1 aromatic carbocycles. The first-order chi connectivity index (χ1) is 9.24. The Morgan fingerprint density at radius 2 is 1.68 bits per heavy atom. The Morgan fingerprint density at radius 1 is 1.05 bits per heavy atom. The second-order valence-electron chi connectivity index (χ2n) is 5.23. The van der Waals surface area contributed by atoms with Crippen molar-refractivity contribution in [1.82, 2.24) is 5.32 Å². The van der Waals surface area contributed by atoms with E-state index in [1.54, 1.807) is 4.90 Å². The van der Waals surface area contributed by atoms with Crippen molar-refractivity contribution in [2.24, 2.45) is 0 Å². The predicted molar refractivity (Wildman–Crippen MR) is 73.3 cm³/mol. The van der Waals surface area contributed by atoms with Crippen molar-refractivity contribution in [3.8, 4) is 0 Å². The zero-order valence-electron chi connectivity index (χ0n) is 10.9. The van der Waals surface area contributed by atoms with Crippen molar-refractivity contribution in [3.63, 3.8) is 0 Å². The molecule has 1 aliphatic heterocycles. The van der Waals surface area contributed by atoms with Gasteiger partial charge in [-0.05, 0) is 37.0 Å². The van der Waals surface area contributed by atoms with Gasteiger partial charge in [0.25, 0.3) is 0 Å². The van der Waals surface area contributed by atoms with E-state index < -0.39 is 11.6 Å². The fraction of sp³-hybridized carbons (Fsp3) is 0.467. The van der Waals surface area contributed by atoms with E-state index in [0.29, 0.717) is 18.7 Å². The summed E-state index contributed by atoms with van der Waals surface area (Å²) in [6, 6.07) is 2.90. The number of rotatable bonds is 2. The number of halogens is 2. The van der Waals surface area contributed by atoms with Gasteiger partial charge in [-0.25, -0.2) is 8.78 Å². The molecular formula is C15H18F2N2. The van der Waals surface area contributed by atoms with E-state index in [4.69, 9.17) is 0 Å². The van der Waals surface area contributed by atoms with Crippen LogP contribution in [0, 0.1) is 11.6 Å². The highest BCUT2D eigenvalue weighted by Crippen LogP contribution is 2.30. The van der Waals surface area contributed by atoms with E-state index >= 15 is 0 Å². The second-order valence-corrected chi connectivity index (χ2v) is 5.23. The number of anilines is 1. The zero-order chi connectivity index (χ0) is 13.2. The maximum atomic E-state index is 14.1. The molecule has 0 unspecified atom stereocenters. The molecule has 1 saturated heterocycles. The average molecular weight is 264 g/mol. The monoisotopic (exact) mass is 264 g/mol. The van der Waals surface area contributed by atoms with E-state index in [2.05, 4.69) is 5.32 Å². The van der Waals surface area contributed by atoms with Gasteiger partial charge in [-0.15, -0.1) is 0 Å². The number of benzene rings is 1. The molecule has 0 atom stereocenters. The Kier molecular flexibility index (Phi) is 3.51. The summed E-state index contributed by atoms with van der Waals surface area (Å²) in [4.78, 5) is 1.78. The Labute approximate surface area is 112 Å². The van der Waals surface area contributed by atoms with Crippen LogP contribution in [0.4, 0.5) is 14.5 Å². The second kappa shape index (κ2) is 5.29. The third-order valence-electron chi connectivity index (χ3n) is 3.84. The van der Waals surface area contributed by atoms with Crippen molar-refractivity contribution in [2.75, 3.05) is 31.1 Å². The molecule has 1 aromatic rings. The van der Waals surface area contributed by atoms with Crippen LogP contribution in [0.25, 0.3) is 6.08 Å². The van der Waals surface area contributed by atoms with Gasteiger partial charge in [0.15, 0.2) is 0 Å². The van der Waals surface area contributed by atoms with Crippen molar-refractivity contribution < 1.29 is 8.78 Å². The molecule has 1 saturated carbocycles. The van der Waals surface area contributed by atoms with Crippen LogP contribution >= 0.6 is 0 Å². The Bertz CT molecular complexity index is 476. The quantitative estimate of drug-likeness (QED) is 0.883. The molecule has 3 rings (SSSR count). The molecule has 0 amide bonds. The molecule has 102 valence electrons. The molecule has 2 nitrogen and oxygen atoms in total. The fourth-order valence-corrected chi connectivity index (χ4v) is 2.62. The summed E-state index contributed by atoms with van der Waals surface area (Å²) >= 11 is 0. The first-order valence-electron chi connectivity index (χ1n) is 6.88. The third-order valence-corrected chi connectivity index (χ3v) is 3.84. The highest BCUT2D eigenvalue weighted by molar-refractivity contribution is 5.60. The number of hydrogen-bond donors (Lipinski definition) is 1. The topological polar surface area (TPSA) is 15.3 Å². The van der Waals surface area contributed by atoms with Crippen molar-refractivity contribution in [1.29, 1.82) is 0 Å². The van der Waals surface area contributed by atoms with Crippen LogP contribution in [-0.4, -0.2) is 26.2 Å². The number of nitrogens with zero attached hydrogens (tertiary/aromatic N) is 1. The zero-order valence-corrected chi connectivity index (χ0v) is 10.9. The van der Waals surface area contributed by atoms with E-state index in [-0.39, 0.29) is 5.69 Å². The first kappa shape index (κ1) is 12.6. The molecule has 1 N–H and O–H groups in total. The van der Waals surface area contributed by atoms with Crippen molar-refractivity contribution >= 4 is 11.8 Å². The van der Waals surface area contributed by atoms with E-state index in [0.717, 1.165) is 25.9 Å². The van der Waals surface area contributed by atoms with Gasteiger partial charge in [0.2, 0.25) is 0 Å². The molecule has 0 bridgehead atoms. The van der Waals surface area contributed by atoms with Gasteiger partial charge in [0.05, 0.1) is 0 Å². The summed E-state index contributed by atoms with van der Waals surface area (Å²) in [7, 11) is 0. The van der Waals surface area contributed by atoms with E-state index in [9.17, 15) is 8.78 Å². The highest BCUT2D eigenvalue weighted by atomic mass is 19.1. The summed E-state index contributed by atoms with van der Waals surface area (Å²) in [6.45, 7) is 2.83. The third kappa shape index (κ3) is 2.63. The standard InChI is InChI=1S/C15H18F2N2/c16-13-9-12(8-11-2-1-3-11)10-14(17)15(13)19-6-4-18-5-7-19/h8-10,18H,1-7H2. The Balaban J connectivity index is 1.88. The Hall–Kier alpha value is -1.42. The van der Waals surface area contributed by atoms with Crippen LogP contribution in [0.2, 0.25) is 0 Å². The normalized spacial score (nSPS) is 19.3. The van der Waals surface area contributed by atoms with Crippen LogP contribution < -0.4 is 10.2 Å². The molecule has 2 aliphatic rings. The summed E-state index contributed by atoms with van der Waals surface area (Å²) in [5, 5.41) is 3.18. The SMILES string of the molecule is Fc1cc(C=C2CCC2)cc(F)c1N1CCNCC1. The lowest BCUT2D eigenvalue weighted by Gasteiger charge is -2.30. The van der Waals surface area contributed by atoms with Gasteiger partial charge >= 0.3 is 0 Å². The van der Waals surface area contributed by atoms with Crippen LogP contribution in [0.15, 0.2) is 17.7 Å². The summed E-state index contributed by atoms with van der Waals surface area (Å²) in [5.41, 5.74) is 2.05. The molecular weight excluding hydrogens is 246 g/mol. The fourth-order valence-electron chi connectivity index (χ4n) is 2.62. The summed E-state index contributed by atoms with van der Waals surface area (Å²) in [5.74, 6) is -0.902. The van der Waals surface area contributed by atoms with Crippen LogP contribution in [0.1, 0.15) is 24.8 Å². The van der Waals surface area contributed by atoms with Gasteiger partial charge in [-0.3, -0.25) is 0 Å². The van der Waals surface area contributed by atoms with Gasteiger partial charge in [-0.2, -0.15) is 0 Å². The molecule has 2 fully saturated rings. The minimum absolute atomic E-state index is 0.122. The molecule has 1 heterocycles. The number of nitrogens with one attached hydrogen (secondary N) is 1. The molecule has 0 radical (unpaired) electrons. The average Bonchev–Trinajstić information content (AvgIpc) is 2.34. The predicted octanol–water partition coefficient (Wildman–Crippen LogP) is 2.94. The van der Waals surface area contributed by atoms with Gasteiger partial charge in [-0.1, -0.05) is 11.6 Å². The minimum Gasteiger partial charge on any atom is -0.364 e. The number of hydrogen-bond acceptors (Lipinski definition) is 2. The first-order valence-corrected chi connectivity index (χ1v) is 6.88. The molecule has 19 heavy (non-hydrogen) atoms.